The SMILES string of the molecule is CCCCNC(=O)Nc1cc(C(=O)NN(CC)C(N)=O)ccc1C. The minimum Gasteiger partial charge on any atom is -0.350 e. The Balaban J connectivity index is 2.79. The standard InChI is InChI=1S/C16H25N5O3/c1-4-6-9-18-16(24)19-13-10-12(8-7-11(13)3)14(22)20-21(5-2)15(17)23/h7-8,10H,4-6,9H2,1-3H3,(H2,17,23)(H,20,22)(H2,18,19,24). The molecule has 0 spiro atoms. The molecule has 0 aliphatic heterocycles. The van der Waals surface area contributed by atoms with Crippen LogP contribution in [0.2, 0.25) is 0 Å². The van der Waals surface area contributed by atoms with Crippen LogP contribution < -0.4 is 21.8 Å². The maximum absolute atomic E-state index is 12.2. The van der Waals surface area contributed by atoms with E-state index in [-0.39, 0.29) is 12.6 Å². The molecule has 0 unspecified atom stereocenters. The highest BCUT2D eigenvalue weighted by Gasteiger charge is 2.14. The molecule has 0 atom stereocenters. The number of nitrogens with two attached hydrogens (primary N) is 1. The number of carbonyl (C=O) groups excluding carboxylic acids is 3. The molecule has 5 amide bonds. The minimum atomic E-state index is -0.744. The summed E-state index contributed by atoms with van der Waals surface area (Å²) < 4.78 is 0. The van der Waals surface area contributed by atoms with E-state index in [0.717, 1.165) is 23.4 Å². The molecule has 0 fully saturated rings. The van der Waals surface area contributed by atoms with Crippen LogP contribution >= 0.6 is 0 Å². The Kier molecular flexibility index (Phi) is 7.54. The monoisotopic (exact) mass is 335 g/mol. The number of hydrazine groups is 1. The van der Waals surface area contributed by atoms with Gasteiger partial charge in [0.15, 0.2) is 0 Å². The van der Waals surface area contributed by atoms with Crippen molar-refractivity contribution >= 4 is 23.7 Å². The molecule has 5 N–H and O–H groups in total. The minimum absolute atomic E-state index is 0.248. The van der Waals surface area contributed by atoms with Crippen molar-refractivity contribution in [2.45, 2.75) is 33.6 Å². The number of benzene rings is 1. The molecule has 0 heterocycles. The first-order chi connectivity index (χ1) is 11.4. The predicted molar refractivity (Wildman–Crippen MR) is 92.5 cm³/mol. The maximum Gasteiger partial charge on any atom is 0.333 e. The van der Waals surface area contributed by atoms with Crippen molar-refractivity contribution in [2.24, 2.45) is 5.73 Å². The van der Waals surface area contributed by atoms with Gasteiger partial charge >= 0.3 is 12.1 Å². The molecule has 8 heteroatoms. The van der Waals surface area contributed by atoms with Crippen LogP contribution in [0.3, 0.4) is 0 Å². The van der Waals surface area contributed by atoms with Gasteiger partial charge in [-0.1, -0.05) is 19.4 Å². The lowest BCUT2D eigenvalue weighted by atomic mass is 10.1. The number of nitrogens with one attached hydrogen (secondary N) is 3. The Morgan fingerprint density at radius 2 is 1.92 bits per heavy atom. The summed E-state index contributed by atoms with van der Waals surface area (Å²) in [7, 11) is 0. The van der Waals surface area contributed by atoms with Crippen molar-refractivity contribution in [1.29, 1.82) is 0 Å². The molecule has 8 nitrogen and oxygen atoms in total. The summed E-state index contributed by atoms with van der Waals surface area (Å²) in [6.45, 7) is 6.39. The molecule has 0 aliphatic rings. The van der Waals surface area contributed by atoms with Crippen molar-refractivity contribution in [3.63, 3.8) is 0 Å². The van der Waals surface area contributed by atoms with Crippen LogP contribution in [0.5, 0.6) is 0 Å². The summed E-state index contributed by atoms with van der Waals surface area (Å²) in [5.74, 6) is -0.481. The van der Waals surface area contributed by atoms with Gasteiger partial charge in [0.05, 0.1) is 0 Å². The smallest absolute Gasteiger partial charge is 0.333 e. The van der Waals surface area contributed by atoms with E-state index in [1.807, 2.05) is 13.8 Å². The predicted octanol–water partition coefficient (Wildman–Crippen LogP) is 1.96. The van der Waals surface area contributed by atoms with E-state index >= 15 is 0 Å². The van der Waals surface area contributed by atoms with E-state index in [0.29, 0.717) is 17.8 Å². The number of hydrogen-bond acceptors (Lipinski definition) is 3. The van der Waals surface area contributed by atoms with Gasteiger partial charge in [0.25, 0.3) is 5.91 Å². The first-order valence-corrected chi connectivity index (χ1v) is 7.92. The van der Waals surface area contributed by atoms with Gasteiger partial charge in [0, 0.05) is 24.3 Å². The van der Waals surface area contributed by atoms with Crippen LogP contribution in [-0.4, -0.2) is 36.1 Å². The second-order valence-corrected chi connectivity index (χ2v) is 5.29. The van der Waals surface area contributed by atoms with Crippen molar-refractivity contribution in [3.05, 3.63) is 29.3 Å². The number of primary amides is 1. The van der Waals surface area contributed by atoms with Gasteiger partial charge in [0.2, 0.25) is 0 Å². The average molecular weight is 335 g/mol. The first kappa shape index (κ1) is 19.3. The molecule has 1 rings (SSSR count). The van der Waals surface area contributed by atoms with E-state index in [9.17, 15) is 14.4 Å². The summed E-state index contributed by atoms with van der Waals surface area (Å²) >= 11 is 0. The van der Waals surface area contributed by atoms with Gasteiger partial charge < -0.3 is 16.4 Å². The highest BCUT2D eigenvalue weighted by atomic mass is 16.2. The Morgan fingerprint density at radius 1 is 1.21 bits per heavy atom. The Labute approximate surface area is 141 Å². The summed E-state index contributed by atoms with van der Waals surface area (Å²) in [5, 5.41) is 6.47. The van der Waals surface area contributed by atoms with Gasteiger partial charge in [-0.05, 0) is 38.0 Å². The van der Waals surface area contributed by atoms with Crippen LogP contribution in [0, 0.1) is 6.92 Å². The van der Waals surface area contributed by atoms with Crippen molar-refractivity contribution in [3.8, 4) is 0 Å². The highest BCUT2D eigenvalue weighted by molar-refractivity contribution is 5.98. The van der Waals surface area contributed by atoms with Crippen LogP contribution in [0.1, 0.15) is 42.6 Å². The van der Waals surface area contributed by atoms with E-state index in [1.54, 1.807) is 25.1 Å². The number of aryl methyl sites for hydroxylation is 1. The molecule has 0 aliphatic carbocycles. The molecule has 0 radical (unpaired) electrons. The molecule has 0 bridgehead atoms. The topological polar surface area (TPSA) is 117 Å². The number of hydrogen-bond donors (Lipinski definition) is 4. The summed E-state index contributed by atoms with van der Waals surface area (Å²) in [4.78, 5) is 35.2. The first-order valence-electron chi connectivity index (χ1n) is 7.92. The number of rotatable bonds is 6. The number of nitrogens with zero attached hydrogens (tertiary/aromatic N) is 1. The van der Waals surface area contributed by atoms with Crippen LogP contribution in [0.4, 0.5) is 15.3 Å². The number of carbonyl (C=O) groups is 3. The fourth-order valence-electron chi connectivity index (χ4n) is 1.92. The maximum atomic E-state index is 12.2. The lowest BCUT2D eigenvalue weighted by Crippen LogP contribution is -2.48. The lowest BCUT2D eigenvalue weighted by Gasteiger charge is -2.19. The fraction of sp³-hybridized carbons (Fsp3) is 0.438. The number of unbranched alkanes of at least 4 members (excludes halogenated alkanes) is 1. The second kappa shape index (κ2) is 9.39. The molecular formula is C16H25N5O3. The number of anilines is 1. The number of amides is 5. The van der Waals surface area contributed by atoms with Gasteiger partial charge in [0.1, 0.15) is 0 Å². The molecule has 0 aromatic heterocycles. The average Bonchev–Trinajstić information content (AvgIpc) is 2.54. The molecule has 24 heavy (non-hydrogen) atoms. The molecule has 0 saturated heterocycles. The van der Waals surface area contributed by atoms with Crippen LogP contribution in [0.15, 0.2) is 18.2 Å². The van der Waals surface area contributed by atoms with E-state index in [1.165, 1.54) is 0 Å². The fourth-order valence-corrected chi connectivity index (χ4v) is 1.92. The number of urea groups is 2. The third-order valence-electron chi connectivity index (χ3n) is 3.38. The Morgan fingerprint density at radius 3 is 2.50 bits per heavy atom. The van der Waals surface area contributed by atoms with Gasteiger partial charge in [-0.3, -0.25) is 10.2 Å². The van der Waals surface area contributed by atoms with E-state index in [2.05, 4.69) is 16.1 Å². The van der Waals surface area contributed by atoms with E-state index < -0.39 is 11.9 Å². The lowest BCUT2D eigenvalue weighted by molar-refractivity contribution is 0.0839. The molecule has 0 saturated carbocycles. The summed E-state index contributed by atoms with van der Waals surface area (Å²) in [5.41, 5.74) is 9.23. The Bertz CT molecular complexity index is 603. The molecule has 132 valence electrons. The Hall–Kier alpha value is -2.77. The summed E-state index contributed by atoms with van der Waals surface area (Å²) in [6.07, 6.45) is 1.89. The third-order valence-corrected chi connectivity index (χ3v) is 3.38. The molecule has 1 aromatic carbocycles. The molecule has 1 aromatic rings. The normalized spacial score (nSPS) is 9.96. The van der Waals surface area contributed by atoms with Crippen LogP contribution in [0.25, 0.3) is 0 Å². The largest absolute Gasteiger partial charge is 0.350 e. The highest BCUT2D eigenvalue weighted by Crippen LogP contribution is 2.17. The van der Waals surface area contributed by atoms with Gasteiger partial charge in [-0.25, -0.2) is 14.6 Å². The van der Waals surface area contributed by atoms with E-state index in [4.69, 9.17) is 5.73 Å². The van der Waals surface area contributed by atoms with Gasteiger partial charge in [-0.2, -0.15) is 0 Å². The van der Waals surface area contributed by atoms with Gasteiger partial charge in [-0.15, -0.1) is 0 Å². The summed E-state index contributed by atoms with van der Waals surface area (Å²) in [6, 6.07) is 3.82. The van der Waals surface area contributed by atoms with Crippen LogP contribution in [-0.2, 0) is 0 Å². The molecular weight excluding hydrogens is 310 g/mol. The zero-order valence-electron chi connectivity index (χ0n) is 14.3. The second-order valence-electron chi connectivity index (χ2n) is 5.29. The van der Waals surface area contributed by atoms with Crippen molar-refractivity contribution in [1.82, 2.24) is 15.8 Å². The quantitative estimate of drug-likeness (QED) is 0.470. The van der Waals surface area contributed by atoms with Crippen molar-refractivity contribution < 1.29 is 14.4 Å². The van der Waals surface area contributed by atoms with Crippen molar-refractivity contribution in [2.75, 3.05) is 18.4 Å². The zero-order valence-corrected chi connectivity index (χ0v) is 14.3. The zero-order chi connectivity index (χ0) is 18.1. The third kappa shape index (κ3) is 5.79.